The highest BCUT2D eigenvalue weighted by Gasteiger charge is 2.39. The van der Waals surface area contributed by atoms with Crippen LogP contribution in [0.1, 0.15) is 26.2 Å². The van der Waals surface area contributed by atoms with Crippen LogP contribution >= 0.6 is 0 Å². The average molecular weight is 311 g/mol. The Morgan fingerprint density at radius 2 is 2.10 bits per heavy atom. The highest BCUT2D eigenvalue weighted by Crippen LogP contribution is 2.27. The minimum atomic E-state index is -3.73. The van der Waals surface area contributed by atoms with Crippen LogP contribution in [0.25, 0.3) is 0 Å². The van der Waals surface area contributed by atoms with E-state index >= 15 is 0 Å². The number of piperazine rings is 1. The largest absolute Gasteiger partial charge is 0.366 e. The van der Waals surface area contributed by atoms with Crippen LogP contribution in [0.5, 0.6) is 0 Å². The summed E-state index contributed by atoms with van der Waals surface area (Å²) in [5.41, 5.74) is -0.452. The van der Waals surface area contributed by atoms with Crippen molar-refractivity contribution in [3.63, 3.8) is 0 Å². The van der Waals surface area contributed by atoms with E-state index in [1.165, 1.54) is 29.2 Å². The van der Waals surface area contributed by atoms with Gasteiger partial charge in [0, 0.05) is 43.6 Å². The Morgan fingerprint density at radius 3 is 2.86 bits per heavy atom. The van der Waals surface area contributed by atoms with Crippen molar-refractivity contribution in [1.82, 2.24) is 14.2 Å². The predicted molar refractivity (Wildman–Crippen MR) is 79.6 cm³/mol. The second-order valence-corrected chi connectivity index (χ2v) is 7.80. The van der Waals surface area contributed by atoms with E-state index in [2.05, 4.69) is 9.88 Å². The van der Waals surface area contributed by atoms with E-state index in [-0.39, 0.29) is 17.0 Å². The number of H-pyrrole nitrogens is 1. The molecule has 2 aliphatic rings. The molecule has 2 saturated heterocycles. The van der Waals surface area contributed by atoms with Crippen LogP contribution in [0.4, 0.5) is 0 Å². The maximum absolute atomic E-state index is 12.8. The maximum atomic E-state index is 12.8. The Bertz CT molecular complexity index is 670. The molecule has 0 radical (unpaired) electrons. The Labute approximate surface area is 124 Å². The van der Waals surface area contributed by atoms with Crippen LogP contribution in [-0.2, 0) is 10.0 Å². The van der Waals surface area contributed by atoms with Gasteiger partial charge in [-0.2, -0.15) is 4.31 Å². The molecule has 7 heteroatoms. The lowest BCUT2D eigenvalue weighted by atomic mass is 9.99. The molecule has 21 heavy (non-hydrogen) atoms. The number of rotatable bonds is 2. The molecule has 2 atom stereocenters. The van der Waals surface area contributed by atoms with Crippen LogP contribution in [-0.4, -0.2) is 54.3 Å². The van der Waals surface area contributed by atoms with Crippen molar-refractivity contribution in [2.75, 3.05) is 19.6 Å². The molecule has 2 fully saturated rings. The summed E-state index contributed by atoms with van der Waals surface area (Å²) in [4.78, 5) is 16.8. The maximum Gasteiger partial charge on any atom is 0.248 e. The number of pyridine rings is 1. The molecule has 0 saturated carbocycles. The summed E-state index contributed by atoms with van der Waals surface area (Å²) in [5, 5.41) is 0. The number of sulfonamides is 1. The van der Waals surface area contributed by atoms with E-state index in [9.17, 15) is 13.2 Å². The van der Waals surface area contributed by atoms with Crippen molar-refractivity contribution < 1.29 is 8.42 Å². The second-order valence-electron chi connectivity index (χ2n) is 5.94. The molecule has 0 aromatic carbocycles. The molecule has 1 aromatic heterocycles. The molecule has 0 aliphatic carbocycles. The topological polar surface area (TPSA) is 73.5 Å². The Hall–Kier alpha value is -1.18. The first-order valence-electron chi connectivity index (χ1n) is 7.43. The predicted octanol–water partition coefficient (Wildman–Crippen LogP) is 0.622. The van der Waals surface area contributed by atoms with E-state index in [4.69, 9.17) is 0 Å². The zero-order chi connectivity index (χ0) is 15.0. The summed E-state index contributed by atoms with van der Waals surface area (Å²) in [5.74, 6) is 0. The lowest BCUT2D eigenvalue weighted by Gasteiger charge is -2.46. The third-order valence-corrected chi connectivity index (χ3v) is 6.51. The zero-order valence-electron chi connectivity index (χ0n) is 12.2. The van der Waals surface area contributed by atoms with Crippen LogP contribution in [0, 0.1) is 0 Å². The van der Waals surface area contributed by atoms with Crippen LogP contribution < -0.4 is 5.43 Å². The molecule has 0 bridgehead atoms. The molecular weight excluding hydrogens is 290 g/mol. The molecule has 3 heterocycles. The number of piperidine rings is 1. The van der Waals surface area contributed by atoms with Crippen LogP contribution in [0.2, 0.25) is 0 Å². The van der Waals surface area contributed by atoms with Gasteiger partial charge in [0.25, 0.3) is 0 Å². The van der Waals surface area contributed by atoms with Gasteiger partial charge in [0.05, 0.1) is 0 Å². The number of aromatic nitrogens is 1. The first-order chi connectivity index (χ1) is 10.00. The molecule has 3 rings (SSSR count). The number of hydrogen-bond acceptors (Lipinski definition) is 4. The molecular formula is C14H21N3O3S. The highest BCUT2D eigenvalue weighted by molar-refractivity contribution is 7.89. The van der Waals surface area contributed by atoms with E-state index < -0.39 is 15.5 Å². The number of hydrogen-bond donors (Lipinski definition) is 1. The number of nitrogens with zero attached hydrogens (tertiary/aromatic N) is 2. The molecule has 1 N–H and O–H groups in total. The summed E-state index contributed by atoms with van der Waals surface area (Å²) in [6.45, 7) is 4.20. The average Bonchev–Trinajstić information content (AvgIpc) is 2.46. The van der Waals surface area contributed by atoms with Gasteiger partial charge in [-0.3, -0.25) is 9.69 Å². The minimum absolute atomic E-state index is 0.107. The summed E-state index contributed by atoms with van der Waals surface area (Å²) in [7, 11) is -3.73. The van der Waals surface area contributed by atoms with Gasteiger partial charge in [0.1, 0.15) is 4.90 Å². The molecule has 1 aromatic rings. The van der Waals surface area contributed by atoms with E-state index in [0.29, 0.717) is 6.54 Å². The Kier molecular flexibility index (Phi) is 3.90. The molecule has 6 nitrogen and oxygen atoms in total. The van der Waals surface area contributed by atoms with Gasteiger partial charge in [-0.05, 0) is 26.3 Å². The van der Waals surface area contributed by atoms with Crippen molar-refractivity contribution >= 4 is 10.0 Å². The van der Waals surface area contributed by atoms with E-state index in [0.717, 1.165) is 25.9 Å². The van der Waals surface area contributed by atoms with Gasteiger partial charge >= 0.3 is 0 Å². The van der Waals surface area contributed by atoms with Gasteiger partial charge in [-0.15, -0.1) is 0 Å². The SMILES string of the molecule is CC1CN2CCCCC2CN1S(=O)(=O)c1c[nH]ccc1=O. The van der Waals surface area contributed by atoms with Crippen molar-refractivity contribution in [3.8, 4) is 0 Å². The van der Waals surface area contributed by atoms with Gasteiger partial charge in [-0.25, -0.2) is 8.42 Å². The minimum Gasteiger partial charge on any atom is -0.366 e. The first-order valence-corrected chi connectivity index (χ1v) is 8.87. The van der Waals surface area contributed by atoms with Crippen molar-refractivity contribution in [2.24, 2.45) is 0 Å². The molecule has 2 aliphatic heterocycles. The Balaban J connectivity index is 1.92. The fourth-order valence-electron chi connectivity index (χ4n) is 3.39. The van der Waals surface area contributed by atoms with Gasteiger partial charge in [0.2, 0.25) is 15.5 Å². The van der Waals surface area contributed by atoms with E-state index in [1.54, 1.807) is 0 Å². The fourth-order valence-corrected chi connectivity index (χ4v) is 5.09. The van der Waals surface area contributed by atoms with Crippen molar-refractivity contribution in [2.45, 2.75) is 43.2 Å². The Morgan fingerprint density at radius 1 is 1.29 bits per heavy atom. The number of fused-ring (bicyclic) bond motifs is 1. The third kappa shape index (κ3) is 2.65. The normalized spacial score (nSPS) is 28.2. The fraction of sp³-hybridized carbons (Fsp3) is 0.643. The number of nitrogens with one attached hydrogen (secondary N) is 1. The second kappa shape index (κ2) is 5.55. The lowest BCUT2D eigenvalue weighted by molar-refractivity contribution is 0.0564. The summed E-state index contributed by atoms with van der Waals surface area (Å²) in [6.07, 6.45) is 6.11. The van der Waals surface area contributed by atoms with Gasteiger partial charge in [-0.1, -0.05) is 6.42 Å². The van der Waals surface area contributed by atoms with Crippen LogP contribution in [0.15, 0.2) is 28.2 Å². The lowest BCUT2D eigenvalue weighted by Crippen LogP contribution is -2.60. The first kappa shape index (κ1) is 14.7. The van der Waals surface area contributed by atoms with Crippen LogP contribution in [0.3, 0.4) is 0 Å². The molecule has 116 valence electrons. The summed E-state index contributed by atoms with van der Waals surface area (Å²) < 4.78 is 27.1. The standard InChI is InChI=1S/C14H21N3O3S/c1-11-9-16-7-3-2-4-12(16)10-17(11)21(19,20)14-8-15-6-5-13(14)18/h5-6,8,11-12H,2-4,7,9-10H2,1H3,(H,15,18). The van der Waals surface area contributed by atoms with Gasteiger partial charge < -0.3 is 4.98 Å². The third-order valence-electron chi connectivity index (χ3n) is 4.50. The van der Waals surface area contributed by atoms with E-state index in [1.807, 2.05) is 6.92 Å². The quantitative estimate of drug-likeness (QED) is 0.869. The van der Waals surface area contributed by atoms with Crippen molar-refractivity contribution in [1.29, 1.82) is 0 Å². The summed E-state index contributed by atoms with van der Waals surface area (Å²) >= 11 is 0. The molecule has 0 spiro atoms. The van der Waals surface area contributed by atoms with Gasteiger partial charge in [0.15, 0.2) is 0 Å². The summed E-state index contributed by atoms with van der Waals surface area (Å²) in [6, 6.07) is 1.44. The molecule has 2 unspecified atom stereocenters. The highest BCUT2D eigenvalue weighted by atomic mass is 32.2. The smallest absolute Gasteiger partial charge is 0.248 e. The molecule has 0 amide bonds. The number of aromatic amines is 1. The monoisotopic (exact) mass is 311 g/mol. The van der Waals surface area contributed by atoms with Crippen molar-refractivity contribution in [3.05, 3.63) is 28.7 Å². The zero-order valence-corrected chi connectivity index (χ0v) is 13.0.